The van der Waals surface area contributed by atoms with E-state index < -0.39 is 0 Å². The second kappa shape index (κ2) is 11.7. The number of benzene rings is 2. The van der Waals surface area contributed by atoms with E-state index in [0.717, 1.165) is 37.4 Å². The number of para-hydroxylation sites is 1. The van der Waals surface area contributed by atoms with Crippen molar-refractivity contribution in [2.75, 3.05) is 26.8 Å². The van der Waals surface area contributed by atoms with Gasteiger partial charge in [0.1, 0.15) is 0 Å². The Morgan fingerprint density at radius 3 is 2.26 bits per heavy atom. The van der Waals surface area contributed by atoms with E-state index in [4.69, 9.17) is 9.47 Å². The van der Waals surface area contributed by atoms with Crippen LogP contribution in [0.15, 0.2) is 48.5 Å². The van der Waals surface area contributed by atoms with Crippen LogP contribution >= 0.6 is 0 Å². The lowest BCUT2D eigenvalue weighted by atomic mass is 10.0. The number of rotatable bonds is 12. The van der Waals surface area contributed by atoms with Gasteiger partial charge < -0.3 is 14.4 Å². The van der Waals surface area contributed by atoms with Crippen molar-refractivity contribution in [1.29, 1.82) is 0 Å². The molecule has 0 radical (unpaired) electrons. The zero-order valence-electron chi connectivity index (χ0n) is 17.4. The molecular weight excluding hydrogens is 334 g/mol. The Kier molecular flexibility index (Phi) is 9.20. The molecule has 0 spiro atoms. The largest absolute Gasteiger partial charge is 0.493 e. The predicted molar refractivity (Wildman–Crippen MR) is 114 cm³/mol. The molecule has 0 aliphatic heterocycles. The Morgan fingerprint density at radius 1 is 0.926 bits per heavy atom. The fraction of sp³-hybridized carbons (Fsp3) is 0.500. The normalized spacial score (nSPS) is 12.2. The fourth-order valence-electron chi connectivity index (χ4n) is 3.54. The predicted octanol–water partition coefficient (Wildman–Crippen LogP) is 5.37. The second-order valence-corrected chi connectivity index (χ2v) is 7.12. The molecule has 2 rings (SSSR count). The summed E-state index contributed by atoms with van der Waals surface area (Å²) in [5.74, 6) is 1.72. The van der Waals surface area contributed by atoms with Crippen molar-refractivity contribution < 1.29 is 9.47 Å². The molecule has 1 unspecified atom stereocenters. The van der Waals surface area contributed by atoms with Gasteiger partial charge in [0, 0.05) is 12.5 Å². The number of nitrogens with zero attached hydrogens (tertiary/aromatic N) is 1. The van der Waals surface area contributed by atoms with Crippen LogP contribution in [-0.4, -0.2) is 37.7 Å². The van der Waals surface area contributed by atoms with Crippen molar-refractivity contribution in [2.24, 2.45) is 0 Å². The molecule has 3 nitrogen and oxygen atoms in total. The minimum atomic E-state index is 0.480. The van der Waals surface area contributed by atoms with E-state index in [1.165, 1.54) is 24.0 Å². The average molecular weight is 370 g/mol. The third-order valence-electron chi connectivity index (χ3n) is 4.92. The summed E-state index contributed by atoms with van der Waals surface area (Å²) in [4.78, 5) is 2.58. The molecule has 0 N–H and O–H groups in total. The van der Waals surface area contributed by atoms with Gasteiger partial charge in [-0.3, -0.25) is 0 Å². The van der Waals surface area contributed by atoms with Gasteiger partial charge in [0.25, 0.3) is 0 Å². The lowest BCUT2D eigenvalue weighted by Crippen LogP contribution is -2.36. The molecule has 0 aliphatic rings. The molecule has 0 aliphatic carbocycles. The van der Waals surface area contributed by atoms with Gasteiger partial charge in [-0.2, -0.15) is 0 Å². The van der Waals surface area contributed by atoms with Gasteiger partial charge in [0.2, 0.25) is 0 Å². The van der Waals surface area contributed by atoms with E-state index in [9.17, 15) is 0 Å². The van der Waals surface area contributed by atoms with Crippen LogP contribution in [0, 0.1) is 0 Å². The van der Waals surface area contributed by atoms with Crippen LogP contribution in [0.2, 0.25) is 0 Å². The van der Waals surface area contributed by atoms with Crippen molar-refractivity contribution in [3.63, 3.8) is 0 Å². The van der Waals surface area contributed by atoms with Crippen molar-refractivity contribution in [3.8, 4) is 11.5 Å². The number of ether oxygens (including phenoxy) is 2. The van der Waals surface area contributed by atoms with Crippen molar-refractivity contribution in [2.45, 2.75) is 52.5 Å². The first kappa shape index (κ1) is 21.3. The molecule has 27 heavy (non-hydrogen) atoms. The fourth-order valence-corrected chi connectivity index (χ4v) is 3.54. The Hall–Kier alpha value is -2.00. The van der Waals surface area contributed by atoms with Crippen molar-refractivity contribution >= 4 is 0 Å². The summed E-state index contributed by atoms with van der Waals surface area (Å²) in [5, 5.41) is 0. The maximum Gasteiger partial charge on any atom is 0.164 e. The molecule has 0 aromatic heterocycles. The first-order valence-electron chi connectivity index (χ1n) is 10.3. The molecule has 0 amide bonds. The topological polar surface area (TPSA) is 21.7 Å². The van der Waals surface area contributed by atoms with Crippen LogP contribution in [0.5, 0.6) is 11.5 Å². The van der Waals surface area contributed by atoms with E-state index in [-0.39, 0.29) is 0 Å². The van der Waals surface area contributed by atoms with E-state index in [2.05, 4.69) is 62.1 Å². The minimum absolute atomic E-state index is 0.480. The maximum absolute atomic E-state index is 6.22. The van der Waals surface area contributed by atoms with E-state index >= 15 is 0 Å². The molecule has 0 heterocycles. The zero-order valence-corrected chi connectivity index (χ0v) is 17.4. The highest BCUT2D eigenvalue weighted by atomic mass is 16.5. The van der Waals surface area contributed by atoms with Crippen LogP contribution < -0.4 is 9.47 Å². The number of hydrogen-bond acceptors (Lipinski definition) is 3. The van der Waals surface area contributed by atoms with Crippen LogP contribution in [-0.2, 0) is 12.8 Å². The molecule has 2 aromatic carbocycles. The molecule has 0 saturated heterocycles. The molecule has 2 aromatic rings. The highest BCUT2D eigenvalue weighted by Crippen LogP contribution is 2.32. The third kappa shape index (κ3) is 6.59. The van der Waals surface area contributed by atoms with Crippen LogP contribution in [0.3, 0.4) is 0 Å². The lowest BCUT2D eigenvalue weighted by molar-refractivity contribution is 0.205. The highest BCUT2D eigenvalue weighted by Gasteiger charge is 2.17. The third-order valence-corrected chi connectivity index (χ3v) is 4.92. The second-order valence-electron chi connectivity index (χ2n) is 7.12. The smallest absolute Gasteiger partial charge is 0.164 e. The standard InChI is InChI=1S/C24H35NO2/c1-5-16-25(17-6-2)20(3)19-22-13-10-14-23(26-4)24(22)27-18-15-21-11-8-7-9-12-21/h7-14,20H,5-6,15-19H2,1-4H3. The maximum atomic E-state index is 6.22. The minimum Gasteiger partial charge on any atom is -0.493 e. The summed E-state index contributed by atoms with van der Waals surface area (Å²) in [7, 11) is 1.72. The summed E-state index contributed by atoms with van der Waals surface area (Å²) in [6, 6.07) is 17.2. The molecule has 1 atom stereocenters. The summed E-state index contributed by atoms with van der Waals surface area (Å²) < 4.78 is 11.8. The zero-order chi connectivity index (χ0) is 19.5. The van der Waals surface area contributed by atoms with E-state index in [0.29, 0.717) is 12.6 Å². The summed E-state index contributed by atoms with van der Waals surface area (Å²) in [5.41, 5.74) is 2.52. The Labute approximate surface area is 165 Å². The number of methoxy groups -OCH3 is 1. The Morgan fingerprint density at radius 2 is 1.63 bits per heavy atom. The van der Waals surface area contributed by atoms with Gasteiger partial charge in [-0.05, 0) is 56.5 Å². The van der Waals surface area contributed by atoms with E-state index in [1.54, 1.807) is 7.11 Å². The molecule has 3 heteroatoms. The lowest BCUT2D eigenvalue weighted by Gasteiger charge is -2.29. The molecule has 0 fully saturated rings. The van der Waals surface area contributed by atoms with Gasteiger partial charge >= 0.3 is 0 Å². The monoisotopic (exact) mass is 369 g/mol. The van der Waals surface area contributed by atoms with Gasteiger partial charge in [0.05, 0.1) is 13.7 Å². The highest BCUT2D eigenvalue weighted by molar-refractivity contribution is 5.47. The van der Waals surface area contributed by atoms with Gasteiger partial charge in [-0.25, -0.2) is 0 Å². The summed E-state index contributed by atoms with van der Waals surface area (Å²) in [6.07, 6.45) is 4.23. The Balaban J connectivity index is 2.08. The Bertz CT molecular complexity index is 651. The van der Waals surface area contributed by atoms with Crippen molar-refractivity contribution in [1.82, 2.24) is 4.90 Å². The quantitative estimate of drug-likeness (QED) is 0.502. The van der Waals surface area contributed by atoms with E-state index in [1.807, 2.05) is 12.1 Å². The van der Waals surface area contributed by atoms with Crippen LogP contribution in [0.25, 0.3) is 0 Å². The molecule has 148 valence electrons. The van der Waals surface area contributed by atoms with Crippen LogP contribution in [0.4, 0.5) is 0 Å². The first-order chi connectivity index (χ1) is 13.2. The summed E-state index contributed by atoms with van der Waals surface area (Å²) >= 11 is 0. The summed E-state index contributed by atoms with van der Waals surface area (Å²) in [6.45, 7) is 9.75. The molecule has 0 bridgehead atoms. The van der Waals surface area contributed by atoms with Crippen molar-refractivity contribution in [3.05, 3.63) is 59.7 Å². The van der Waals surface area contributed by atoms with Gasteiger partial charge in [-0.1, -0.05) is 56.3 Å². The molecule has 0 saturated carbocycles. The number of hydrogen-bond donors (Lipinski definition) is 0. The average Bonchev–Trinajstić information content (AvgIpc) is 2.69. The van der Waals surface area contributed by atoms with Crippen LogP contribution in [0.1, 0.15) is 44.7 Å². The first-order valence-corrected chi connectivity index (χ1v) is 10.3. The molecular formula is C24H35NO2. The van der Waals surface area contributed by atoms with Gasteiger partial charge in [0.15, 0.2) is 11.5 Å². The SMILES string of the molecule is CCCN(CCC)C(C)Cc1cccc(OC)c1OCCc1ccccc1. The van der Waals surface area contributed by atoms with Gasteiger partial charge in [-0.15, -0.1) is 0 Å².